The van der Waals surface area contributed by atoms with Gasteiger partial charge in [-0.2, -0.15) is 0 Å². The van der Waals surface area contributed by atoms with Gasteiger partial charge in [-0.05, 0) is 21.0 Å². The third kappa shape index (κ3) is 2.01. The summed E-state index contributed by atoms with van der Waals surface area (Å²) in [4.78, 5) is 34.6. The third-order valence-electron chi connectivity index (χ3n) is 2.46. The first-order chi connectivity index (χ1) is 8.02. The number of nitrogens with zero attached hydrogens (tertiary/aromatic N) is 3. The fourth-order valence-corrected chi connectivity index (χ4v) is 1.76. The lowest BCUT2D eigenvalue weighted by Crippen LogP contribution is -2.29. The van der Waals surface area contributed by atoms with Crippen LogP contribution in [0.25, 0.3) is 11.2 Å². The van der Waals surface area contributed by atoms with Gasteiger partial charge in [0.1, 0.15) is 11.3 Å². The van der Waals surface area contributed by atoms with Gasteiger partial charge in [0.2, 0.25) is 0 Å². The molecule has 92 valence electrons. The molecule has 0 fully saturated rings. The Morgan fingerprint density at radius 1 is 1.29 bits per heavy atom. The Labute approximate surface area is 97.1 Å². The molecule has 0 aromatic carbocycles. The van der Waals surface area contributed by atoms with Crippen LogP contribution < -0.4 is 11.2 Å². The molecule has 0 aliphatic rings. The van der Waals surface area contributed by atoms with Gasteiger partial charge in [-0.3, -0.25) is 14.3 Å². The highest BCUT2D eigenvalue weighted by Gasteiger charge is 2.11. The molecular formula is C10H15N5O2. The van der Waals surface area contributed by atoms with E-state index in [1.54, 1.807) is 0 Å². The average molecular weight is 237 g/mol. The molecule has 0 aliphatic heterocycles. The minimum absolute atomic E-state index is 0.350. The highest BCUT2D eigenvalue weighted by Crippen LogP contribution is 2.05. The summed E-state index contributed by atoms with van der Waals surface area (Å²) in [6, 6.07) is 0. The Bertz CT molecular complexity index is 649. The van der Waals surface area contributed by atoms with Gasteiger partial charge in [0, 0.05) is 6.54 Å². The molecule has 2 aromatic rings. The van der Waals surface area contributed by atoms with Gasteiger partial charge in [0.25, 0.3) is 5.56 Å². The summed E-state index contributed by atoms with van der Waals surface area (Å²) in [6.45, 7) is 2.89. The largest absolute Gasteiger partial charge is 0.335 e. The van der Waals surface area contributed by atoms with Crippen molar-refractivity contribution >= 4 is 11.2 Å². The van der Waals surface area contributed by atoms with Crippen LogP contribution in [0.3, 0.4) is 0 Å². The molecule has 0 saturated heterocycles. The summed E-state index contributed by atoms with van der Waals surface area (Å²) in [5, 5.41) is 0. The zero-order chi connectivity index (χ0) is 12.6. The minimum atomic E-state index is -0.424. The Hall–Kier alpha value is -1.89. The normalized spacial score (nSPS) is 11.5. The van der Waals surface area contributed by atoms with E-state index in [0.717, 1.165) is 0 Å². The first-order valence-electron chi connectivity index (χ1n) is 5.39. The molecule has 7 nitrogen and oxygen atoms in total. The number of hydrogen-bond donors (Lipinski definition) is 2. The summed E-state index contributed by atoms with van der Waals surface area (Å²) in [5.74, 6) is 0.670. The molecule has 17 heavy (non-hydrogen) atoms. The van der Waals surface area contributed by atoms with Crippen molar-refractivity contribution in [2.45, 2.75) is 20.0 Å². The van der Waals surface area contributed by atoms with E-state index in [9.17, 15) is 9.59 Å². The molecule has 0 amide bonds. The molecule has 2 heterocycles. The molecular weight excluding hydrogens is 222 g/mol. The lowest BCUT2D eigenvalue weighted by molar-refractivity contribution is 0.392. The van der Waals surface area contributed by atoms with Crippen LogP contribution in [0.1, 0.15) is 12.7 Å². The lowest BCUT2D eigenvalue weighted by atomic mass is 10.5. The van der Waals surface area contributed by atoms with E-state index in [1.165, 1.54) is 4.57 Å². The van der Waals surface area contributed by atoms with Crippen molar-refractivity contribution in [3.63, 3.8) is 0 Å². The average Bonchev–Trinajstić information content (AvgIpc) is 2.61. The van der Waals surface area contributed by atoms with Gasteiger partial charge >= 0.3 is 5.69 Å². The maximum absolute atomic E-state index is 11.6. The second kappa shape index (κ2) is 4.17. The Balaban J connectivity index is 2.71. The molecule has 0 unspecified atom stereocenters. The highest BCUT2D eigenvalue weighted by molar-refractivity contribution is 5.69. The molecule has 0 atom stereocenters. The number of aromatic nitrogens is 4. The Morgan fingerprint density at radius 2 is 2.00 bits per heavy atom. The number of hydrogen-bond acceptors (Lipinski definition) is 4. The number of aryl methyl sites for hydroxylation is 1. The van der Waals surface area contributed by atoms with Crippen LogP contribution in [0.15, 0.2) is 9.59 Å². The predicted octanol–water partition coefficient (Wildman–Crippen LogP) is -0.506. The second-order valence-electron chi connectivity index (χ2n) is 4.12. The van der Waals surface area contributed by atoms with Crippen molar-refractivity contribution in [3.05, 3.63) is 26.7 Å². The molecule has 2 aromatic heterocycles. The minimum Gasteiger partial charge on any atom is -0.335 e. The van der Waals surface area contributed by atoms with Gasteiger partial charge in [0.15, 0.2) is 5.65 Å². The zero-order valence-corrected chi connectivity index (χ0v) is 10.1. The first-order valence-corrected chi connectivity index (χ1v) is 5.39. The maximum atomic E-state index is 11.6. The second-order valence-corrected chi connectivity index (χ2v) is 4.12. The quantitative estimate of drug-likeness (QED) is 0.753. The number of H-pyrrole nitrogens is 2. The standard InChI is InChI=1S/C10H15N5O2/c1-4-15-8-7(9(16)13-10(15)17)11-6(12-8)5-14(2)3/h4-5H2,1-3H3,(H,11,12)(H,13,16,17). The van der Waals surface area contributed by atoms with E-state index < -0.39 is 11.2 Å². The molecule has 7 heteroatoms. The Kier molecular flexibility index (Phi) is 2.84. The summed E-state index contributed by atoms with van der Waals surface area (Å²) in [6.07, 6.45) is 0. The predicted molar refractivity (Wildman–Crippen MR) is 64.0 cm³/mol. The molecule has 0 spiro atoms. The summed E-state index contributed by atoms with van der Waals surface area (Å²) in [7, 11) is 3.81. The van der Waals surface area contributed by atoms with Crippen LogP contribution in [-0.4, -0.2) is 38.5 Å². The van der Waals surface area contributed by atoms with E-state index in [-0.39, 0.29) is 0 Å². The monoisotopic (exact) mass is 237 g/mol. The fraction of sp³-hybridized carbons (Fsp3) is 0.500. The van der Waals surface area contributed by atoms with Gasteiger partial charge in [0.05, 0.1) is 6.54 Å². The van der Waals surface area contributed by atoms with Crippen LogP contribution in [0, 0.1) is 0 Å². The number of imidazole rings is 1. The number of nitrogens with one attached hydrogen (secondary N) is 2. The van der Waals surface area contributed by atoms with E-state index >= 15 is 0 Å². The van der Waals surface area contributed by atoms with Crippen molar-refractivity contribution in [3.8, 4) is 0 Å². The summed E-state index contributed by atoms with van der Waals surface area (Å²) >= 11 is 0. The zero-order valence-electron chi connectivity index (χ0n) is 10.1. The van der Waals surface area contributed by atoms with Crippen LogP contribution in [0.5, 0.6) is 0 Å². The van der Waals surface area contributed by atoms with Crippen molar-refractivity contribution in [2.24, 2.45) is 0 Å². The van der Waals surface area contributed by atoms with Crippen LogP contribution in [-0.2, 0) is 13.1 Å². The molecule has 2 rings (SSSR count). The maximum Gasteiger partial charge on any atom is 0.330 e. The number of rotatable bonds is 3. The van der Waals surface area contributed by atoms with Crippen LogP contribution in [0.2, 0.25) is 0 Å². The van der Waals surface area contributed by atoms with E-state index in [2.05, 4.69) is 15.0 Å². The molecule has 2 N–H and O–H groups in total. The first kappa shape index (κ1) is 11.6. The lowest BCUT2D eigenvalue weighted by Gasteiger charge is -2.04. The molecule has 0 aliphatic carbocycles. The number of fused-ring (bicyclic) bond motifs is 1. The van der Waals surface area contributed by atoms with E-state index in [4.69, 9.17) is 0 Å². The van der Waals surface area contributed by atoms with E-state index in [0.29, 0.717) is 30.1 Å². The molecule has 0 radical (unpaired) electrons. The summed E-state index contributed by atoms with van der Waals surface area (Å²) < 4.78 is 1.44. The third-order valence-corrected chi connectivity index (χ3v) is 2.46. The number of aromatic amines is 2. The Morgan fingerprint density at radius 3 is 2.59 bits per heavy atom. The van der Waals surface area contributed by atoms with Gasteiger partial charge in [-0.25, -0.2) is 9.78 Å². The van der Waals surface area contributed by atoms with Gasteiger partial charge in [-0.15, -0.1) is 0 Å². The van der Waals surface area contributed by atoms with Crippen LogP contribution in [0.4, 0.5) is 0 Å². The van der Waals surface area contributed by atoms with Crippen LogP contribution >= 0.6 is 0 Å². The van der Waals surface area contributed by atoms with Crippen molar-refractivity contribution < 1.29 is 0 Å². The van der Waals surface area contributed by atoms with Crippen molar-refractivity contribution in [1.29, 1.82) is 0 Å². The van der Waals surface area contributed by atoms with Crippen molar-refractivity contribution in [1.82, 2.24) is 24.4 Å². The topological polar surface area (TPSA) is 86.8 Å². The van der Waals surface area contributed by atoms with Gasteiger partial charge < -0.3 is 9.88 Å². The highest BCUT2D eigenvalue weighted by atomic mass is 16.2. The SMILES string of the molecule is CCn1c(=O)[nH]c(=O)c2[nH]c(CN(C)C)nc21. The van der Waals surface area contributed by atoms with E-state index in [1.807, 2.05) is 25.9 Å². The molecule has 0 bridgehead atoms. The van der Waals surface area contributed by atoms with Crippen molar-refractivity contribution in [2.75, 3.05) is 14.1 Å². The molecule has 0 saturated carbocycles. The van der Waals surface area contributed by atoms with Gasteiger partial charge in [-0.1, -0.05) is 0 Å². The smallest absolute Gasteiger partial charge is 0.330 e. The fourth-order valence-electron chi connectivity index (χ4n) is 1.76. The summed E-state index contributed by atoms with van der Waals surface area (Å²) in [5.41, 5.74) is -0.0819.